The van der Waals surface area contributed by atoms with Crippen LogP contribution >= 0.6 is 11.8 Å². The van der Waals surface area contributed by atoms with Crippen LogP contribution in [0.5, 0.6) is 0 Å². The number of aromatic amines is 1. The van der Waals surface area contributed by atoms with Gasteiger partial charge in [-0.2, -0.15) is 0 Å². The normalized spacial score (nSPS) is 38.1. The highest BCUT2D eigenvalue weighted by Crippen LogP contribution is 2.66. The fourth-order valence-corrected chi connectivity index (χ4v) is 8.59. The lowest BCUT2D eigenvalue weighted by atomic mass is 9.46. The van der Waals surface area contributed by atoms with Gasteiger partial charge in [0.1, 0.15) is 11.4 Å². The van der Waals surface area contributed by atoms with E-state index in [4.69, 9.17) is 0 Å². The molecule has 1 heterocycles. The lowest BCUT2D eigenvalue weighted by Gasteiger charge is -2.56. The number of allylic oxidation sites excluding steroid dienone is 4. The molecule has 35 heavy (non-hydrogen) atoms. The van der Waals surface area contributed by atoms with Crippen molar-refractivity contribution in [1.29, 1.82) is 0 Å². The molecule has 6 atom stereocenters. The number of nitrogens with zero attached hydrogens (tertiary/aromatic N) is 1. The van der Waals surface area contributed by atoms with E-state index in [0.717, 1.165) is 35.9 Å². The van der Waals surface area contributed by atoms with E-state index >= 15 is 0 Å². The number of aromatic nitrogens is 2. The van der Waals surface area contributed by atoms with E-state index in [1.807, 2.05) is 37.3 Å². The van der Waals surface area contributed by atoms with Gasteiger partial charge < -0.3 is 10.1 Å². The third-order valence-electron chi connectivity index (χ3n) is 9.58. The van der Waals surface area contributed by atoms with Gasteiger partial charge in [0, 0.05) is 23.2 Å². The molecule has 0 spiro atoms. The molecular weight excluding hydrogens is 460 g/mol. The Hall–Kier alpha value is -2.51. The average molecular weight is 491 g/mol. The fraction of sp³-hybridized carbons (Fsp3) is 0.500. The molecule has 2 N–H and O–H groups in total. The van der Waals surface area contributed by atoms with E-state index in [0.29, 0.717) is 11.6 Å². The van der Waals surface area contributed by atoms with E-state index in [9.17, 15) is 19.5 Å². The highest BCUT2D eigenvalue weighted by atomic mass is 32.2. The van der Waals surface area contributed by atoms with Crippen molar-refractivity contribution in [3.8, 4) is 0 Å². The van der Waals surface area contributed by atoms with Crippen molar-refractivity contribution in [1.82, 2.24) is 9.97 Å². The third kappa shape index (κ3) is 3.20. The molecule has 3 saturated carbocycles. The predicted molar refractivity (Wildman–Crippen MR) is 134 cm³/mol. The molecule has 1 aromatic carbocycles. The van der Waals surface area contributed by atoms with Crippen molar-refractivity contribution in [2.75, 3.05) is 5.75 Å². The number of H-pyrrole nitrogens is 1. The molecule has 0 saturated heterocycles. The minimum absolute atomic E-state index is 0.00758. The first-order valence-corrected chi connectivity index (χ1v) is 13.4. The number of hydrogen-bond acceptors (Lipinski definition) is 6. The summed E-state index contributed by atoms with van der Waals surface area (Å²) < 4.78 is 0. The van der Waals surface area contributed by atoms with Crippen LogP contribution in [-0.2, 0) is 14.4 Å². The molecule has 6 rings (SSSR count). The molecule has 4 aliphatic rings. The summed E-state index contributed by atoms with van der Waals surface area (Å²) in [6.45, 7) is 4.03. The number of Topliss-reactive ketones (excluding diaryl/α,β-unsaturated/α-hetero) is 2. The second kappa shape index (κ2) is 7.74. The summed E-state index contributed by atoms with van der Waals surface area (Å²) in [5, 5.41) is 12.5. The maximum atomic E-state index is 13.7. The van der Waals surface area contributed by atoms with Gasteiger partial charge in [-0.25, -0.2) is 4.98 Å². The molecule has 0 amide bonds. The smallest absolute Gasteiger partial charge is 0.178 e. The first kappa shape index (κ1) is 22.9. The van der Waals surface area contributed by atoms with Crippen molar-refractivity contribution in [3.63, 3.8) is 0 Å². The molecular formula is C28H30N2O4S. The standard InChI is InChI=1S/C28H30N2O4S/c1-26-11-9-17(31)13-16(26)7-8-18-19-10-12-28(34,27(19,2)14-22(32)24(18)26)23(33)15-35-25-29-20-5-3-4-6-21(20)30-25/h3-6,9,11,13,18-19,24,34H,7-8,10,12,14-15H2,1-2H3,(H,29,30)/t18?,19?,24?,26?,27?,28-/m0/s1. The first-order valence-electron chi connectivity index (χ1n) is 12.5. The summed E-state index contributed by atoms with van der Waals surface area (Å²) in [6, 6.07) is 7.71. The number of benzene rings is 1. The minimum atomic E-state index is -1.52. The number of rotatable bonds is 4. The quantitative estimate of drug-likeness (QED) is 0.615. The van der Waals surface area contributed by atoms with Gasteiger partial charge in [-0.15, -0.1) is 0 Å². The van der Waals surface area contributed by atoms with E-state index in [1.165, 1.54) is 11.8 Å². The Morgan fingerprint density at radius 1 is 1.23 bits per heavy atom. The number of hydrogen-bond donors (Lipinski definition) is 2. The number of thioether (sulfide) groups is 1. The summed E-state index contributed by atoms with van der Waals surface area (Å²) >= 11 is 1.31. The maximum absolute atomic E-state index is 13.7. The summed E-state index contributed by atoms with van der Waals surface area (Å²) in [4.78, 5) is 47.0. The van der Waals surface area contributed by atoms with Crippen LogP contribution in [0.15, 0.2) is 53.2 Å². The number of carbonyl (C=O) groups is 3. The summed E-state index contributed by atoms with van der Waals surface area (Å²) in [7, 11) is 0. The zero-order valence-electron chi connectivity index (χ0n) is 20.0. The topological polar surface area (TPSA) is 100 Å². The Morgan fingerprint density at radius 3 is 2.83 bits per heavy atom. The molecule has 0 bridgehead atoms. The van der Waals surface area contributed by atoms with Gasteiger partial charge in [0.05, 0.1) is 16.8 Å². The number of ketones is 3. The number of nitrogens with one attached hydrogen (secondary N) is 1. The second-order valence-electron chi connectivity index (χ2n) is 11.2. The van der Waals surface area contributed by atoms with E-state index < -0.39 is 16.4 Å². The Bertz CT molecular complexity index is 1290. The van der Waals surface area contributed by atoms with Crippen molar-refractivity contribution in [3.05, 3.63) is 48.1 Å². The molecule has 182 valence electrons. The lowest BCUT2D eigenvalue weighted by Crippen LogP contribution is -2.60. The summed E-state index contributed by atoms with van der Waals surface area (Å²) in [5.74, 6) is -0.00929. The predicted octanol–water partition coefficient (Wildman–Crippen LogP) is 4.44. The highest BCUT2D eigenvalue weighted by Gasteiger charge is 2.68. The first-order chi connectivity index (χ1) is 16.7. The van der Waals surface area contributed by atoms with Crippen LogP contribution in [0.1, 0.15) is 46.0 Å². The second-order valence-corrected chi connectivity index (χ2v) is 12.2. The Kier molecular flexibility index (Phi) is 5.07. The van der Waals surface area contributed by atoms with E-state index in [-0.39, 0.29) is 47.3 Å². The van der Waals surface area contributed by atoms with E-state index in [2.05, 4.69) is 16.9 Å². The lowest BCUT2D eigenvalue weighted by molar-refractivity contribution is -0.165. The Balaban J connectivity index is 1.25. The van der Waals surface area contributed by atoms with E-state index in [1.54, 1.807) is 12.2 Å². The number of carbonyl (C=O) groups excluding carboxylic acids is 3. The molecule has 6 nitrogen and oxygen atoms in total. The van der Waals surface area contributed by atoms with Gasteiger partial charge in [0.25, 0.3) is 0 Å². The van der Waals surface area contributed by atoms with Gasteiger partial charge >= 0.3 is 0 Å². The van der Waals surface area contributed by atoms with Crippen LogP contribution in [0.2, 0.25) is 0 Å². The molecule has 5 unspecified atom stereocenters. The summed E-state index contributed by atoms with van der Waals surface area (Å²) in [6.07, 6.45) is 8.15. The average Bonchev–Trinajstić information content (AvgIpc) is 3.36. The summed E-state index contributed by atoms with van der Waals surface area (Å²) in [5.41, 5.74) is 0.0628. The van der Waals surface area contributed by atoms with Gasteiger partial charge in [-0.1, -0.05) is 49.4 Å². The highest BCUT2D eigenvalue weighted by molar-refractivity contribution is 7.99. The molecule has 4 aliphatic carbocycles. The molecule has 3 fully saturated rings. The van der Waals surface area contributed by atoms with Crippen molar-refractivity contribution < 1.29 is 19.5 Å². The van der Waals surface area contributed by atoms with Gasteiger partial charge in [-0.05, 0) is 61.8 Å². The minimum Gasteiger partial charge on any atom is -0.381 e. The van der Waals surface area contributed by atoms with Gasteiger partial charge in [0.2, 0.25) is 0 Å². The maximum Gasteiger partial charge on any atom is 0.178 e. The molecule has 2 aromatic rings. The van der Waals surface area contributed by atoms with Crippen molar-refractivity contribution >= 4 is 40.1 Å². The monoisotopic (exact) mass is 490 g/mol. The number of aliphatic hydroxyl groups is 1. The van der Waals surface area contributed by atoms with Crippen LogP contribution in [0.3, 0.4) is 0 Å². The third-order valence-corrected chi connectivity index (χ3v) is 10.5. The zero-order valence-corrected chi connectivity index (χ0v) is 20.9. The molecule has 7 heteroatoms. The molecule has 0 radical (unpaired) electrons. The number of imidazole rings is 1. The van der Waals surface area contributed by atoms with Crippen LogP contribution in [-0.4, -0.2) is 43.8 Å². The Labute approximate surface area is 208 Å². The van der Waals surface area contributed by atoms with Crippen molar-refractivity contribution in [2.45, 2.75) is 56.7 Å². The molecule has 1 aromatic heterocycles. The van der Waals surface area contributed by atoms with Gasteiger partial charge in [-0.3, -0.25) is 14.4 Å². The van der Waals surface area contributed by atoms with Crippen LogP contribution in [0.25, 0.3) is 11.0 Å². The van der Waals surface area contributed by atoms with Crippen LogP contribution < -0.4 is 0 Å². The largest absolute Gasteiger partial charge is 0.381 e. The fourth-order valence-electron chi connectivity index (χ4n) is 7.74. The van der Waals surface area contributed by atoms with Crippen LogP contribution in [0.4, 0.5) is 0 Å². The zero-order chi connectivity index (χ0) is 24.6. The Morgan fingerprint density at radius 2 is 2.03 bits per heavy atom. The van der Waals surface area contributed by atoms with Gasteiger partial charge in [0.15, 0.2) is 16.7 Å². The number of fused-ring (bicyclic) bond motifs is 6. The molecule has 0 aliphatic heterocycles. The van der Waals surface area contributed by atoms with Crippen molar-refractivity contribution in [2.24, 2.45) is 28.6 Å². The number of para-hydroxylation sites is 2. The SMILES string of the molecule is CC12C=CC(=O)C=C1CCC1C2C(=O)CC2(C)C1CC[C@]2(O)C(=O)CSc1nc2ccccc2[nH]1. The van der Waals surface area contributed by atoms with Crippen LogP contribution in [0, 0.1) is 28.6 Å².